The van der Waals surface area contributed by atoms with Crippen LogP contribution in [0, 0.1) is 0 Å². The Labute approximate surface area is 166 Å². The fourth-order valence-electron chi connectivity index (χ4n) is 3.47. The Kier molecular flexibility index (Phi) is 5.03. The quantitative estimate of drug-likeness (QED) is 0.466. The maximum atomic E-state index is 12.6. The highest BCUT2D eigenvalue weighted by molar-refractivity contribution is 5.74. The molecule has 0 unspecified atom stereocenters. The Hall–Kier alpha value is -3.62. The molecule has 3 heterocycles. The molecule has 0 fully saturated rings. The van der Waals surface area contributed by atoms with Gasteiger partial charge in [-0.1, -0.05) is 30.3 Å². The molecule has 0 saturated heterocycles. The number of imidazole rings is 2. The average Bonchev–Trinajstić information content (AvgIpc) is 3.38. The van der Waals surface area contributed by atoms with Crippen molar-refractivity contribution in [3.05, 3.63) is 75.5 Å². The lowest BCUT2D eigenvalue weighted by Crippen LogP contribution is -2.29. The van der Waals surface area contributed by atoms with Crippen LogP contribution in [0.15, 0.2) is 58.6 Å². The van der Waals surface area contributed by atoms with Crippen molar-refractivity contribution in [2.45, 2.75) is 25.9 Å². The summed E-state index contributed by atoms with van der Waals surface area (Å²) in [6.07, 6.45) is 6.31. The van der Waals surface area contributed by atoms with Gasteiger partial charge in [-0.3, -0.25) is 18.9 Å². The van der Waals surface area contributed by atoms with Crippen molar-refractivity contribution in [1.82, 2.24) is 28.7 Å². The number of benzene rings is 1. The number of rotatable bonds is 7. The lowest BCUT2D eigenvalue weighted by atomic mass is 10.1. The molecule has 29 heavy (non-hydrogen) atoms. The molecule has 0 aliphatic heterocycles. The molecule has 4 aromatic rings. The number of aromatic nitrogens is 6. The standard InChI is InChI=1S/C20H23N7O2/c1-14(15-7-4-3-5-8-15)27-16-17(25(2)20(29)24-18(16)28)23-19(27)22-9-6-11-26-12-10-21-13-26/h3-5,7-8,10,12-14H,6,9,11H2,1-2H3,(H,22,23)(H,24,28,29)/t14-/m1/s1. The monoisotopic (exact) mass is 393 g/mol. The summed E-state index contributed by atoms with van der Waals surface area (Å²) < 4.78 is 5.23. The lowest BCUT2D eigenvalue weighted by molar-refractivity contribution is 0.639. The number of fused-ring (bicyclic) bond motifs is 1. The normalized spacial score (nSPS) is 12.3. The van der Waals surface area contributed by atoms with Crippen molar-refractivity contribution in [1.29, 1.82) is 0 Å². The summed E-state index contributed by atoms with van der Waals surface area (Å²) in [5, 5.41) is 3.34. The molecule has 2 N–H and O–H groups in total. The largest absolute Gasteiger partial charge is 0.355 e. The first kappa shape index (κ1) is 18.7. The van der Waals surface area contributed by atoms with Gasteiger partial charge < -0.3 is 9.88 Å². The van der Waals surface area contributed by atoms with E-state index in [0.29, 0.717) is 23.7 Å². The average molecular weight is 393 g/mol. The number of anilines is 1. The van der Waals surface area contributed by atoms with Crippen LogP contribution in [0.25, 0.3) is 11.2 Å². The maximum absolute atomic E-state index is 12.6. The summed E-state index contributed by atoms with van der Waals surface area (Å²) in [5.74, 6) is 0.564. The van der Waals surface area contributed by atoms with E-state index >= 15 is 0 Å². The minimum Gasteiger partial charge on any atom is -0.355 e. The van der Waals surface area contributed by atoms with Gasteiger partial charge >= 0.3 is 5.69 Å². The van der Waals surface area contributed by atoms with Crippen LogP contribution >= 0.6 is 0 Å². The molecule has 1 atom stereocenters. The molecule has 0 radical (unpaired) electrons. The second kappa shape index (κ2) is 7.78. The zero-order chi connectivity index (χ0) is 20.4. The van der Waals surface area contributed by atoms with Gasteiger partial charge in [0, 0.05) is 32.5 Å². The van der Waals surface area contributed by atoms with Crippen LogP contribution in [0.1, 0.15) is 24.9 Å². The van der Waals surface area contributed by atoms with Gasteiger partial charge in [0.1, 0.15) is 0 Å². The van der Waals surface area contributed by atoms with Crippen LogP contribution in [-0.2, 0) is 13.6 Å². The lowest BCUT2D eigenvalue weighted by Gasteiger charge is -2.18. The summed E-state index contributed by atoms with van der Waals surface area (Å²) in [6, 6.07) is 9.75. The summed E-state index contributed by atoms with van der Waals surface area (Å²) in [5.41, 5.74) is 0.858. The van der Waals surface area contributed by atoms with Gasteiger partial charge in [-0.15, -0.1) is 0 Å². The second-order valence-electron chi connectivity index (χ2n) is 6.96. The van der Waals surface area contributed by atoms with E-state index in [2.05, 4.69) is 20.3 Å². The second-order valence-corrected chi connectivity index (χ2v) is 6.96. The van der Waals surface area contributed by atoms with E-state index in [1.807, 2.05) is 52.6 Å². The molecule has 0 aliphatic rings. The van der Waals surface area contributed by atoms with Crippen molar-refractivity contribution in [3.63, 3.8) is 0 Å². The van der Waals surface area contributed by atoms with Gasteiger partial charge in [0.25, 0.3) is 5.56 Å². The highest BCUT2D eigenvalue weighted by Gasteiger charge is 2.21. The van der Waals surface area contributed by atoms with E-state index in [-0.39, 0.29) is 6.04 Å². The topological polar surface area (TPSA) is 103 Å². The number of aromatic amines is 1. The van der Waals surface area contributed by atoms with E-state index in [1.54, 1.807) is 19.6 Å². The third kappa shape index (κ3) is 3.58. The van der Waals surface area contributed by atoms with E-state index in [4.69, 9.17) is 0 Å². The highest BCUT2D eigenvalue weighted by Crippen LogP contribution is 2.26. The van der Waals surface area contributed by atoms with Gasteiger partial charge in [-0.2, -0.15) is 4.98 Å². The van der Waals surface area contributed by atoms with E-state index in [0.717, 1.165) is 18.5 Å². The van der Waals surface area contributed by atoms with Crippen molar-refractivity contribution in [2.75, 3.05) is 11.9 Å². The van der Waals surface area contributed by atoms with E-state index in [1.165, 1.54) is 4.57 Å². The molecule has 0 aliphatic carbocycles. The minimum absolute atomic E-state index is 0.143. The van der Waals surface area contributed by atoms with Gasteiger partial charge in [-0.25, -0.2) is 9.78 Å². The fraction of sp³-hybridized carbons (Fsp3) is 0.300. The molecule has 4 rings (SSSR count). The molecular weight excluding hydrogens is 370 g/mol. The summed E-state index contributed by atoms with van der Waals surface area (Å²) >= 11 is 0. The van der Waals surface area contributed by atoms with Crippen LogP contribution in [0.3, 0.4) is 0 Å². The third-order valence-electron chi connectivity index (χ3n) is 5.06. The number of aryl methyl sites for hydroxylation is 2. The highest BCUT2D eigenvalue weighted by atomic mass is 16.2. The van der Waals surface area contributed by atoms with Crippen molar-refractivity contribution in [2.24, 2.45) is 7.05 Å². The SMILES string of the molecule is C[C@H](c1ccccc1)n1c(NCCCn2ccnc2)nc2c1c(=O)[nH]c(=O)n2C. The van der Waals surface area contributed by atoms with Crippen LogP contribution in [0.2, 0.25) is 0 Å². The van der Waals surface area contributed by atoms with Crippen molar-refractivity contribution in [3.8, 4) is 0 Å². The van der Waals surface area contributed by atoms with Gasteiger partial charge in [0.15, 0.2) is 11.2 Å². The van der Waals surface area contributed by atoms with Crippen molar-refractivity contribution < 1.29 is 0 Å². The summed E-state index contributed by atoms with van der Waals surface area (Å²) in [7, 11) is 1.61. The van der Waals surface area contributed by atoms with Gasteiger partial charge in [0.2, 0.25) is 5.95 Å². The predicted molar refractivity (Wildman–Crippen MR) is 111 cm³/mol. The Bertz CT molecular complexity index is 1220. The van der Waals surface area contributed by atoms with E-state index < -0.39 is 11.2 Å². The summed E-state index contributed by atoms with van der Waals surface area (Å²) in [6.45, 7) is 3.49. The first-order valence-electron chi connectivity index (χ1n) is 9.52. The number of hydrogen-bond acceptors (Lipinski definition) is 5. The molecule has 0 amide bonds. The molecule has 0 saturated carbocycles. The Morgan fingerprint density at radius 1 is 1.21 bits per heavy atom. The smallest absolute Gasteiger partial charge is 0.329 e. The first-order valence-corrected chi connectivity index (χ1v) is 9.52. The maximum Gasteiger partial charge on any atom is 0.329 e. The zero-order valence-electron chi connectivity index (χ0n) is 16.4. The van der Waals surface area contributed by atoms with Crippen LogP contribution in [0.5, 0.6) is 0 Å². The Morgan fingerprint density at radius 3 is 2.72 bits per heavy atom. The molecule has 1 aromatic carbocycles. The molecule has 150 valence electrons. The Balaban J connectivity index is 1.72. The fourth-order valence-corrected chi connectivity index (χ4v) is 3.47. The Morgan fingerprint density at radius 2 is 2.00 bits per heavy atom. The molecule has 0 spiro atoms. The van der Waals surface area contributed by atoms with E-state index in [9.17, 15) is 9.59 Å². The molecule has 3 aromatic heterocycles. The zero-order valence-corrected chi connectivity index (χ0v) is 16.4. The third-order valence-corrected chi connectivity index (χ3v) is 5.06. The van der Waals surface area contributed by atoms with Gasteiger partial charge in [-0.05, 0) is 18.9 Å². The number of H-pyrrole nitrogens is 1. The van der Waals surface area contributed by atoms with Gasteiger partial charge in [0.05, 0.1) is 12.4 Å². The first-order chi connectivity index (χ1) is 14.1. The molecule has 0 bridgehead atoms. The molecule has 9 nitrogen and oxygen atoms in total. The van der Waals surface area contributed by atoms with Crippen molar-refractivity contribution >= 4 is 17.1 Å². The summed E-state index contributed by atoms with van der Waals surface area (Å²) in [4.78, 5) is 35.7. The number of nitrogens with zero attached hydrogens (tertiary/aromatic N) is 5. The molecular formula is C20H23N7O2. The predicted octanol–water partition coefficient (Wildman–Crippen LogP) is 1.73. The minimum atomic E-state index is -0.480. The van der Waals surface area contributed by atoms with Crippen LogP contribution in [-0.4, -0.2) is 35.2 Å². The number of nitrogens with one attached hydrogen (secondary N) is 2. The van der Waals surface area contributed by atoms with Crippen LogP contribution in [0.4, 0.5) is 5.95 Å². The molecule has 9 heteroatoms. The number of hydrogen-bond donors (Lipinski definition) is 2. The van der Waals surface area contributed by atoms with Crippen LogP contribution < -0.4 is 16.6 Å².